The Labute approximate surface area is 111 Å². The molecule has 106 valence electrons. The first-order chi connectivity index (χ1) is 8.59. The number of nitrogens with zero attached hydrogens (tertiary/aromatic N) is 1. The molecule has 0 unspecified atom stereocenters. The van der Waals surface area contributed by atoms with Crippen molar-refractivity contribution in [3.8, 4) is 0 Å². The molecule has 0 atom stereocenters. The fourth-order valence-electron chi connectivity index (χ4n) is 1.68. The molecule has 0 aromatic rings. The van der Waals surface area contributed by atoms with Crippen molar-refractivity contribution in [2.24, 2.45) is 5.92 Å². The largest absolute Gasteiger partial charge is 0.379 e. The van der Waals surface area contributed by atoms with Crippen molar-refractivity contribution in [2.75, 3.05) is 33.4 Å². The monoisotopic (exact) mass is 256 g/mol. The molecule has 18 heavy (non-hydrogen) atoms. The van der Waals surface area contributed by atoms with E-state index in [1.54, 1.807) is 4.90 Å². The number of carbonyl (C=O) groups excluding carboxylic acids is 1. The molecule has 0 aromatic carbocycles. The summed E-state index contributed by atoms with van der Waals surface area (Å²) in [5.41, 5.74) is 0. The third-order valence-corrected chi connectivity index (χ3v) is 3.17. The maximum absolute atomic E-state index is 11.8. The van der Waals surface area contributed by atoms with E-state index in [0.717, 1.165) is 25.5 Å². The van der Waals surface area contributed by atoms with Gasteiger partial charge in [0.05, 0.1) is 6.61 Å². The van der Waals surface area contributed by atoms with Crippen LogP contribution in [0.3, 0.4) is 0 Å². The first-order valence-electron chi connectivity index (χ1n) is 7.14. The number of hydrogen-bond acceptors (Lipinski definition) is 3. The van der Waals surface area contributed by atoms with Gasteiger partial charge in [-0.05, 0) is 31.7 Å². The van der Waals surface area contributed by atoms with Gasteiger partial charge in [0.25, 0.3) is 0 Å². The van der Waals surface area contributed by atoms with Crippen LogP contribution in [-0.2, 0) is 9.53 Å². The summed E-state index contributed by atoms with van der Waals surface area (Å²) in [5.74, 6) is 1.02. The first kappa shape index (κ1) is 15.4. The molecule has 1 aliphatic rings. The zero-order valence-electron chi connectivity index (χ0n) is 12.1. The predicted octanol–water partition coefficient (Wildman–Crippen LogP) is 1.65. The number of carbonyl (C=O) groups is 1. The van der Waals surface area contributed by atoms with E-state index >= 15 is 0 Å². The van der Waals surface area contributed by atoms with Crippen LogP contribution >= 0.6 is 0 Å². The summed E-state index contributed by atoms with van der Waals surface area (Å²) in [6, 6.07) is 0.494. The Balaban J connectivity index is 1.93. The van der Waals surface area contributed by atoms with Gasteiger partial charge in [-0.25, -0.2) is 0 Å². The van der Waals surface area contributed by atoms with Crippen LogP contribution in [0, 0.1) is 5.92 Å². The summed E-state index contributed by atoms with van der Waals surface area (Å²) in [6.45, 7) is 7.40. The molecule has 0 saturated heterocycles. The highest BCUT2D eigenvalue weighted by Crippen LogP contribution is 2.28. The van der Waals surface area contributed by atoms with E-state index < -0.39 is 0 Å². The van der Waals surface area contributed by atoms with Gasteiger partial charge in [-0.15, -0.1) is 0 Å². The van der Waals surface area contributed by atoms with Crippen molar-refractivity contribution < 1.29 is 9.53 Å². The lowest BCUT2D eigenvalue weighted by atomic mass is 10.2. The van der Waals surface area contributed by atoms with Gasteiger partial charge in [0.15, 0.2) is 0 Å². The standard InChI is InChI=1S/C14H28N2O2/c1-12(2)15-8-4-5-14(17)16(3)9-10-18-11-13-6-7-13/h12-13,15H,4-11H2,1-3H3. The van der Waals surface area contributed by atoms with Crippen LogP contribution < -0.4 is 5.32 Å². The maximum atomic E-state index is 11.8. The van der Waals surface area contributed by atoms with Crippen LogP contribution in [0.25, 0.3) is 0 Å². The lowest BCUT2D eigenvalue weighted by Crippen LogP contribution is -2.31. The van der Waals surface area contributed by atoms with Crippen LogP contribution in [0.2, 0.25) is 0 Å². The minimum Gasteiger partial charge on any atom is -0.379 e. The highest BCUT2D eigenvalue weighted by Gasteiger charge is 2.21. The summed E-state index contributed by atoms with van der Waals surface area (Å²) in [6.07, 6.45) is 4.17. The molecular formula is C14H28N2O2. The van der Waals surface area contributed by atoms with Crippen LogP contribution in [-0.4, -0.2) is 50.2 Å². The van der Waals surface area contributed by atoms with Crippen LogP contribution in [0.15, 0.2) is 0 Å². The van der Waals surface area contributed by atoms with Crippen molar-refractivity contribution in [2.45, 2.75) is 45.6 Å². The third kappa shape index (κ3) is 7.67. The number of nitrogens with one attached hydrogen (secondary N) is 1. The summed E-state index contributed by atoms with van der Waals surface area (Å²) < 4.78 is 5.53. The minimum absolute atomic E-state index is 0.218. The highest BCUT2D eigenvalue weighted by molar-refractivity contribution is 5.75. The van der Waals surface area contributed by atoms with Crippen molar-refractivity contribution >= 4 is 5.91 Å². The molecule has 0 radical (unpaired) electrons. The predicted molar refractivity (Wildman–Crippen MR) is 73.6 cm³/mol. The molecule has 1 rings (SSSR count). The van der Waals surface area contributed by atoms with Gasteiger partial charge in [0, 0.05) is 32.7 Å². The Morgan fingerprint density at radius 1 is 1.44 bits per heavy atom. The van der Waals surface area contributed by atoms with E-state index in [4.69, 9.17) is 4.74 Å². The Bertz CT molecular complexity index is 240. The van der Waals surface area contributed by atoms with E-state index in [1.165, 1.54) is 12.8 Å². The molecule has 4 heteroatoms. The molecule has 1 saturated carbocycles. The van der Waals surface area contributed by atoms with E-state index in [-0.39, 0.29) is 5.91 Å². The lowest BCUT2D eigenvalue weighted by molar-refractivity contribution is -0.130. The quantitative estimate of drug-likeness (QED) is 0.604. The smallest absolute Gasteiger partial charge is 0.222 e. The summed E-state index contributed by atoms with van der Waals surface area (Å²) in [5, 5.41) is 3.32. The fourth-order valence-corrected chi connectivity index (χ4v) is 1.68. The van der Waals surface area contributed by atoms with Gasteiger partial charge in [-0.1, -0.05) is 13.8 Å². The molecule has 4 nitrogen and oxygen atoms in total. The van der Waals surface area contributed by atoms with E-state index in [0.29, 0.717) is 25.6 Å². The van der Waals surface area contributed by atoms with E-state index in [9.17, 15) is 4.79 Å². The Kier molecular flexibility index (Phi) is 7.28. The normalized spacial score (nSPS) is 15.1. The minimum atomic E-state index is 0.218. The number of hydrogen-bond donors (Lipinski definition) is 1. The number of rotatable bonds is 10. The maximum Gasteiger partial charge on any atom is 0.222 e. The number of likely N-dealkylation sites (N-methyl/N-ethyl adjacent to an activating group) is 1. The van der Waals surface area contributed by atoms with Gasteiger partial charge in [0.1, 0.15) is 0 Å². The fraction of sp³-hybridized carbons (Fsp3) is 0.929. The summed E-state index contributed by atoms with van der Waals surface area (Å²) >= 11 is 0. The van der Waals surface area contributed by atoms with Gasteiger partial charge in [0.2, 0.25) is 5.91 Å². The molecule has 1 amide bonds. The zero-order chi connectivity index (χ0) is 13.4. The van der Waals surface area contributed by atoms with E-state index in [2.05, 4.69) is 19.2 Å². The zero-order valence-corrected chi connectivity index (χ0v) is 12.1. The van der Waals surface area contributed by atoms with Crippen molar-refractivity contribution in [3.05, 3.63) is 0 Å². The van der Waals surface area contributed by atoms with Crippen LogP contribution in [0.5, 0.6) is 0 Å². The van der Waals surface area contributed by atoms with Gasteiger partial charge in [-0.3, -0.25) is 4.79 Å². The average molecular weight is 256 g/mol. The second kappa shape index (κ2) is 8.48. The van der Waals surface area contributed by atoms with Gasteiger partial charge in [-0.2, -0.15) is 0 Å². The van der Waals surface area contributed by atoms with Crippen LogP contribution in [0.4, 0.5) is 0 Å². The Hall–Kier alpha value is -0.610. The van der Waals surface area contributed by atoms with E-state index in [1.807, 2.05) is 7.05 Å². The molecule has 0 aromatic heterocycles. The third-order valence-electron chi connectivity index (χ3n) is 3.17. The molecule has 0 heterocycles. The number of ether oxygens (including phenoxy) is 1. The molecule has 1 aliphatic carbocycles. The molecular weight excluding hydrogens is 228 g/mol. The Morgan fingerprint density at radius 3 is 2.78 bits per heavy atom. The van der Waals surface area contributed by atoms with Crippen LogP contribution in [0.1, 0.15) is 39.5 Å². The SMILES string of the molecule is CC(C)NCCCC(=O)N(C)CCOCC1CC1. The van der Waals surface area contributed by atoms with Crippen molar-refractivity contribution in [1.82, 2.24) is 10.2 Å². The highest BCUT2D eigenvalue weighted by atomic mass is 16.5. The molecule has 0 spiro atoms. The molecule has 1 fully saturated rings. The lowest BCUT2D eigenvalue weighted by Gasteiger charge is -2.17. The van der Waals surface area contributed by atoms with Gasteiger partial charge < -0.3 is 15.0 Å². The first-order valence-corrected chi connectivity index (χ1v) is 7.14. The van der Waals surface area contributed by atoms with Crippen molar-refractivity contribution in [3.63, 3.8) is 0 Å². The summed E-state index contributed by atoms with van der Waals surface area (Å²) in [4.78, 5) is 13.6. The second-order valence-corrected chi connectivity index (χ2v) is 5.55. The average Bonchev–Trinajstić information content (AvgIpc) is 3.13. The molecule has 0 bridgehead atoms. The second-order valence-electron chi connectivity index (χ2n) is 5.55. The molecule has 0 aliphatic heterocycles. The van der Waals surface area contributed by atoms with Crippen molar-refractivity contribution in [1.29, 1.82) is 0 Å². The topological polar surface area (TPSA) is 41.6 Å². The molecule has 1 N–H and O–H groups in total. The summed E-state index contributed by atoms with van der Waals surface area (Å²) in [7, 11) is 1.86. The number of amides is 1. The Morgan fingerprint density at radius 2 is 2.17 bits per heavy atom. The van der Waals surface area contributed by atoms with Gasteiger partial charge >= 0.3 is 0 Å².